The van der Waals surface area contributed by atoms with Crippen LogP contribution in [-0.4, -0.2) is 13.2 Å². The molecule has 1 nitrogen and oxygen atoms in total. The fourth-order valence-corrected chi connectivity index (χ4v) is 1.28. The Balaban J connectivity index is 2.20. The standard InChI is InChI=1S/C9H17O/c1-3-5-6-9(4-2)7-10-8-9/h6H,3-5,7-8H2,1-2H3. The zero-order chi connectivity index (χ0) is 7.45. The highest BCUT2D eigenvalue weighted by atomic mass is 16.5. The summed E-state index contributed by atoms with van der Waals surface area (Å²) >= 11 is 0. The predicted molar refractivity (Wildman–Crippen MR) is 42.8 cm³/mol. The van der Waals surface area contributed by atoms with Gasteiger partial charge in [0.15, 0.2) is 0 Å². The minimum Gasteiger partial charge on any atom is -0.380 e. The Labute approximate surface area is 63.8 Å². The summed E-state index contributed by atoms with van der Waals surface area (Å²) in [6.45, 7) is 6.39. The van der Waals surface area contributed by atoms with E-state index in [1.807, 2.05) is 0 Å². The molecule has 0 saturated carbocycles. The quantitative estimate of drug-likeness (QED) is 0.584. The minimum absolute atomic E-state index is 0.468. The molecule has 0 aromatic heterocycles. The molecule has 0 bridgehead atoms. The fraction of sp³-hybridized carbons (Fsp3) is 0.889. The van der Waals surface area contributed by atoms with Crippen LogP contribution in [0, 0.1) is 11.8 Å². The molecule has 0 amide bonds. The van der Waals surface area contributed by atoms with E-state index in [0.29, 0.717) is 5.41 Å². The normalized spacial score (nSPS) is 22.2. The zero-order valence-electron chi connectivity index (χ0n) is 7.02. The van der Waals surface area contributed by atoms with Crippen LogP contribution in [0.4, 0.5) is 0 Å². The van der Waals surface area contributed by atoms with Crippen molar-refractivity contribution in [2.24, 2.45) is 5.41 Å². The molecule has 0 atom stereocenters. The predicted octanol–water partition coefficient (Wildman–Crippen LogP) is 2.42. The first-order valence-electron chi connectivity index (χ1n) is 4.25. The first-order chi connectivity index (χ1) is 4.83. The maximum atomic E-state index is 5.19. The van der Waals surface area contributed by atoms with Crippen molar-refractivity contribution in [1.29, 1.82) is 0 Å². The van der Waals surface area contributed by atoms with E-state index < -0.39 is 0 Å². The van der Waals surface area contributed by atoms with Crippen LogP contribution in [0.15, 0.2) is 0 Å². The van der Waals surface area contributed by atoms with Gasteiger partial charge in [0.25, 0.3) is 0 Å². The smallest absolute Gasteiger partial charge is 0.0547 e. The molecule has 59 valence electrons. The van der Waals surface area contributed by atoms with E-state index in [-0.39, 0.29) is 0 Å². The van der Waals surface area contributed by atoms with Gasteiger partial charge in [-0.2, -0.15) is 0 Å². The Morgan fingerprint density at radius 1 is 1.40 bits per heavy atom. The molecule has 1 rings (SSSR count). The second kappa shape index (κ2) is 3.38. The Hall–Kier alpha value is -0.0400. The summed E-state index contributed by atoms with van der Waals surface area (Å²) < 4.78 is 5.19. The van der Waals surface area contributed by atoms with Crippen LogP contribution in [0.2, 0.25) is 0 Å². The van der Waals surface area contributed by atoms with E-state index in [1.165, 1.54) is 19.3 Å². The lowest BCUT2D eigenvalue weighted by atomic mass is 9.79. The Morgan fingerprint density at radius 3 is 2.40 bits per heavy atom. The van der Waals surface area contributed by atoms with Gasteiger partial charge in [-0.15, -0.1) is 0 Å². The third-order valence-corrected chi connectivity index (χ3v) is 2.35. The van der Waals surface area contributed by atoms with E-state index in [2.05, 4.69) is 20.3 Å². The van der Waals surface area contributed by atoms with E-state index in [0.717, 1.165) is 13.2 Å². The largest absolute Gasteiger partial charge is 0.380 e. The number of hydrogen-bond donors (Lipinski definition) is 0. The number of rotatable bonds is 4. The van der Waals surface area contributed by atoms with Gasteiger partial charge < -0.3 is 4.74 Å². The Morgan fingerprint density at radius 2 is 2.10 bits per heavy atom. The summed E-state index contributed by atoms with van der Waals surface area (Å²) in [5.41, 5.74) is 0.468. The molecular formula is C9H17O. The van der Waals surface area contributed by atoms with Crippen molar-refractivity contribution in [3.63, 3.8) is 0 Å². The second-order valence-corrected chi connectivity index (χ2v) is 3.20. The Bertz CT molecular complexity index is 89.4. The molecule has 1 heterocycles. The van der Waals surface area contributed by atoms with Crippen LogP contribution in [0.5, 0.6) is 0 Å². The lowest BCUT2D eigenvalue weighted by Gasteiger charge is -2.40. The maximum Gasteiger partial charge on any atom is 0.0547 e. The summed E-state index contributed by atoms with van der Waals surface area (Å²) in [5, 5.41) is 0. The van der Waals surface area contributed by atoms with E-state index in [4.69, 9.17) is 4.74 Å². The van der Waals surface area contributed by atoms with Gasteiger partial charge in [0.1, 0.15) is 0 Å². The van der Waals surface area contributed by atoms with Crippen LogP contribution >= 0.6 is 0 Å². The van der Waals surface area contributed by atoms with Crippen molar-refractivity contribution in [3.05, 3.63) is 6.42 Å². The van der Waals surface area contributed by atoms with Gasteiger partial charge in [0.05, 0.1) is 13.2 Å². The lowest BCUT2D eigenvalue weighted by molar-refractivity contribution is -0.0952. The topological polar surface area (TPSA) is 9.23 Å². The summed E-state index contributed by atoms with van der Waals surface area (Å²) in [4.78, 5) is 0. The average Bonchev–Trinajstić information content (AvgIpc) is 1.87. The Kier molecular flexibility index (Phi) is 2.72. The molecule has 0 N–H and O–H groups in total. The van der Waals surface area contributed by atoms with Crippen LogP contribution in [0.3, 0.4) is 0 Å². The highest BCUT2D eigenvalue weighted by Crippen LogP contribution is 2.35. The van der Waals surface area contributed by atoms with E-state index >= 15 is 0 Å². The SMILES string of the molecule is CCC[CH]C1(CC)COC1. The highest BCUT2D eigenvalue weighted by Gasteiger charge is 2.35. The number of hydrogen-bond acceptors (Lipinski definition) is 1. The van der Waals surface area contributed by atoms with Gasteiger partial charge in [-0.25, -0.2) is 0 Å². The van der Waals surface area contributed by atoms with Crippen molar-refractivity contribution in [2.45, 2.75) is 33.1 Å². The molecule has 0 aliphatic carbocycles. The minimum atomic E-state index is 0.468. The van der Waals surface area contributed by atoms with Crippen molar-refractivity contribution in [1.82, 2.24) is 0 Å². The summed E-state index contributed by atoms with van der Waals surface area (Å²) in [6.07, 6.45) is 6.20. The lowest BCUT2D eigenvalue weighted by Crippen LogP contribution is -2.42. The summed E-state index contributed by atoms with van der Waals surface area (Å²) in [7, 11) is 0. The third kappa shape index (κ3) is 1.51. The fourth-order valence-electron chi connectivity index (χ4n) is 1.28. The van der Waals surface area contributed by atoms with Gasteiger partial charge in [0, 0.05) is 5.41 Å². The van der Waals surface area contributed by atoms with Crippen molar-refractivity contribution >= 4 is 0 Å². The van der Waals surface area contributed by atoms with Crippen LogP contribution in [0.25, 0.3) is 0 Å². The molecular weight excluding hydrogens is 124 g/mol. The summed E-state index contributed by atoms with van der Waals surface area (Å²) in [5.74, 6) is 0. The first-order valence-corrected chi connectivity index (χ1v) is 4.25. The van der Waals surface area contributed by atoms with Gasteiger partial charge >= 0.3 is 0 Å². The molecule has 0 spiro atoms. The molecule has 1 radical (unpaired) electrons. The number of ether oxygens (including phenoxy) is 1. The van der Waals surface area contributed by atoms with Gasteiger partial charge in [-0.1, -0.05) is 20.3 Å². The van der Waals surface area contributed by atoms with E-state index in [1.54, 1.807) is 0 Å². The van der Waals surface area contributed by atoms with Crippen molar-refractivity contribution in [2.75, 3.05) is 13.2 Å². The molecule has 0 unspecified atom stereocenters. The first kappa shape index (κ1) is 8.06. The van der Waals surface area contributed by atoms with Crippen LogP contribution < -0.4 is 0 Å². The van der Waals surface area contributed by atoms with Gasteiger partial charge in [-0.3, -0.25) is 0 Å². The molecule has 1 aliphatic rings. The molecule has 1 aliphatic heterocycles. The van der Waals surface area contributed by atoms with Crippen molar-refractivity contribution < 1.29 is 4.74 Å². The molecule has 0 aromatic rings. The van der Waals surface area contributed by atoms with Crippen LogP contribution in [-0.2, 0) is 4.74 Å². The van der Waals surface area contributed by atoms with E-state index in [9.17, 15) is 0 Å². The molecule has 1 fully saturated rings. The number of unbranched alkanes of at least 4 members (excludes halogenated alkanes) is 1. The van der Waals surface area contributed by atoms with Gasteiger partial charge in [-0.05, 0) is 19.3 Å². The van der Waals surface area contributed by atoms with Gasteiger partial charge in [0.2, 0.25) is 0 Å². The van der Waals surface area contributed by atoms with Crippen LogP contribution in [0.1, 0.15) is 33.1 Å². The third-order valence-electron chi connectivity index (χ3n) is 2.35. The molecule has 1 heteroatoms. The summed E-state index contributed by atoms with van der Waals surface area (Å²) in [6, 6.07) is 0. The zero-order valence-corrected chi connectivity index (χ0v) is 7.02. The highest BCUT2D eigenvalue weighted by molar-refractivity contribution is 4.95. The maximum absolute atomic E-state index is 5.19. The second-order valence-electron chi connectivity index (χ2n) is 3.20. The van der Waals surface area contributed by atoms with Crippen molar-refractivity contribution in [3.8, 4) is 0 Å². The molecule has 0 aromatic carbocycles. The monoisotopic (exact) mass is 141 g/mol. The average molecular weight is 141 g/mol. The molecule has 1 saturated heterocycles. The molecule has 10 heavy (non-hydrogen) atoms.